The van der Waals surface area contributed by atoms with Crippen LogP contribution in [0.4, 0.5) is 5.69 Å². The predicted octanol–water partition coefficient (Wildman–Crippen LogP) is 6.97. The van der Waals surface area contributed by atoms with Gasteiger partial charge in [0.25, 0.3) is 5.56 Å². The number of hydrogen-bond donors (Lipinski definition) is 1. The molecule has 12 nitrogen and oxygen atoms in total. The maximum atomic E-state index is 13.9. The molecular formula is C36H34N4O8. The number of rotatable bonds is 12. The highest BCUT2D eigenvalue weighted by molar-refractivity contribution is 5.87. The van der Waals surface area contributed by atoms with Crippen LogP contribution in [0.1, 0.15) is 59.3 Å². The average Bonchev–Trinajstić information content (AvgIpc) is 3.07. The second-order valence-corrected chi connectivity index (χ2v) is 11.2. The zero-order valence-electron chi connectivity index (χ0n) is 27.1. The minimum absolute atomic E-state index is 0.0741. The van der Waals surface area contributed by atoms with Crippen molar-refractivity contribution >= 4 is 28.8 Å². The Morgan fingerprint density at radius 1 is 1.06 bits per heavy atom. The summed E-state index contributed by atoms with van der Waals surface area (Å²) in [7, 11) is 1.61. The molecule has 0 saturated heterocycles. The van der Waals surface area contributed by atoms with Gasteiger partial charge in [0, 0.05) is 17.2 Å². The lowest BCUT2D eigenvalue weighted by atomic mass is 9.96. The molecule has 0 spiro atoms. The molecule has 0 fully saturated rings. The molecule has 0 aliphatic heterocycles. The predicted molar refractivity (Wildman–Crippen MR) is 182 cm³/mol. The molecule has 4 aromatic carbocycles. The summed E-state index contributed by atoms with van der Waals surface area (Å²) < 4.78 is 18.4. The van der Waals surface area contributed by atoms with Crippen LogP contribution in [0.2, 0.25) is 0 Å². The fourth-order valence-electron chi connectivity index (χ4n) is 5.22. The molecule has 0 aliphatic rings. The molecular weight excluding hydrogens is 616 g/mol. The summed E-state index contributed by atoms with van der Waals surface area (Å²) in [6.45, 7) is 7.83. The van der Waals surface area contributed by atoms with Gasteiger partial charge in [0.15, 0.2) is 11.6 Å². The van der Waals surface area contributed by atoms with Crippen LogP contribution in [0, 0.1) is 17.0 Å². The van der Waals surface area contributed by atoms with Crippen LogP contribution >= 0.6 is 0 Å². The van der Waals surface area contributed by atoms with Crippen molar-refractivity contribution in [1.29, 1.82) is 0 Å². The molecule has 1 heterocycles. The molecule has 0 radical (unpaired) electrons. The van der Waals surface area contributed by atoms with E-state index in [1.807, 2.05) is 32.9 Å². The smallest absolute Gasteiger partial charge is 0.335 e. The number of carbonyl (C=O) groups is 1. The third-order valence-electron chi connectivity index (χ3n) is 7.65. The fourth-order valence-corrected chi connectivity index (χ4v) is 5.22. The van der Waals surface area contributed by atoms with Crippen LogP contribution in [-0.4, -0.2) is 45.6 Å². The second-order valence-electron chi connectivity index (χ2n) is 11.2. The van der Waals surface area contributed by atoms with Crippen molar-refractivity contribution in [1.82, 2.24) is 9.66 Å². The molecule has 1 aromatic heterocycles. The first-order valence-corrected chi connectivity index (χ1v) is 15.2. The summed E-state index contributed by atoms with van der Waals surface area (Å²) in [5.41, 5.74) is 3.13. The number of hydrogen-bond acceptors (Lipinski definition) is 9. The fraction of sp³-hybridized carbons (Fsp3) is 0.222. The lowest BCUT2D eigenvalue weighted by Gasteiger charge is -2.17. The highest BCUT2D eigenvalue weighted by Crippen LogP contribution is 2.39. The minimum atomic E-state index is -1.07. The molecule has 1 N–H and O–H groups in total. The van der Waals surface area contributed by atoms with E-state index in [2.05, 4.69) is 5.10 Å². The van der Waals surface area contributed by atoms with E-state index >= 15 is 0 Å². The summed E-state index contributed by atoms with van der Waals surface area (Å²) in [4.78, 5) is 41.5. The highest BCUT2D eigenvalue weighted by atomic mass is 16.6. The van der Waals surface area contributed by atoms with Gasteiger partial charge in [0.2, 0.25) is 5.75 Å². The Labute approximate surface area is 276 Å². The molecule has 0 unspecified atom stereocenters. The maximum Gasteiger partial charge on any atom is 0.335 e. The van der Waals surface area contributed by atoms with Gasteiger partial charge in [-0.05, 0) is 78.9 Å². The number of benzene rings is 4. The van der Waals surface area contributed by atoms with Gasteiger partial charge in [-0.2, -0.15) is 9.78 Å². The molecule has 0 atom stereocenters. The first-order chi connectivity index (χ1) is 23.0. The number of nitrogens with zero attached hydrogens (tertiary/aromatic N) is 4. The molecule has 5 aromatic rings. The third kappa shape index (κ3) is 6.87. The van der Waals surface area contributed by atoms with Gasteiger partial charge in [-0.1, -0.05) is 38.1 Å². The Morgan fingerprint density at radius 3 is 2.44 bits per heavy atom. The number of ether oxygens (including phenoxy) is 3. The number of aryl methyl sites for hydroxylation is 1. The van der Waals surface area contributed by atoms with Gasteiger partial charge < -0.3 is 19.3 Å². The largest absolute Gasteiger partial charge is 0.496 e. The first kappa shape index (κ1) is 33.3. The molecule has 0 bridgehead atoms. The number of para-hydroxylation sites is 1. The van der Waals surface area contributed by atoms with Crippen molar-refractivity contribution < 1.29 is 29.0 Å². The van der Waals surface area contributed by atoms with Gasteiger partial charge in [0.05, 0.1) is 41.3 Å². The zero-order valence-corrected chi connectivity index (χ0v) is 27.1. The minimum Gasteiger partial charge on any atom is -0.496 e. The van der Waals surface area contributed by atoms with Crippen LogP contribution in [0.3, 0.4) is 0 Å². The number of nitro groups is 1. The van der Waals surface area contributed by atoms with Gasteiger partial charge in [0.1, 0.15) is 12.4 Å². The van der Waals surface area contributed by atoms with E-state index in [0.29, 0.717) is 27.9 Å². The Hall–Kier alpha value is -6.04. The summed E-state index contributed by atoms with van der Waals surface area (Å²) in [5, 5.41) is 26.3. The molecule has 0 saturated carbocycles. The average molecular weight is 651 g/mol. The number of carboxylic acid groups (broad SMARTS) is 1. The topological polar surface area (TPSA) is 155 Å². The Kier molecular flexibility index (Phi) is 9.83. The van der Waals surface area contributed by atoms with E-state index in [-0.39, 0.29) is 47.4 Å². The normalized spacial score (nSPS) is 11.3. The van der Waals surface area contributed by atoms with Crippen molar-refractivity contribution in [2.24, 2.45) is 5.10 Å². The molecule has 5 rings (SSSR count). The van der Waals surface area contributed by atoms with Gasteiger partial charge in [-0.15, -0.1) is 0 Å². The van der Waals surface area contributed by atoms with Crippen molar-refractivity contribution in [3.63, 3.8) is 0 Å². The SMILES string of the molecule is CCOc1cc(C=Nn2c(-c3cc(C(C)C)c(OC)cc3C)nc3ccccc3c2=O)cc([N+](=O)[O-])c1OCc1ccc(C(=O)O)cc1. The Balaban J connectivity index is 1.61. The number of fused-ring (bicyclic) bond motifs is 1. The molecule has 0 aliphatic carbocycles. The maximum absolute atomic E-state index is 13.9. The molecule has 12 heteroatoms. The Bertz CT molecular complexity index is 2100. The molecule has 48 heavy (non-hydrogen) atoms. The van der Waals surface area contributed by atoms with E-state index in [1.165, 1.54) is 35.2 Å². The van der Waals surface area contributed by atoms with Crippen molar-refractivity contribution in [2.75, 3.05) is 13.7 Å². The van der Waals surface area contributed by atoms with Crippen LogP contribution in [0.15, 0.2) is 82.7 Å². The molecule has 246 valence electrons. The van der Waals surface area contributed by atoms with Crippen molar-refractivity contribution in [3.8, 4) is 28.6 Å². The first-order valence-electron chi connectivity index (χ1n) is 15.2. The van der Waals surface area contributed by atoms with E-state index < -0.39 is 16.5 Å². The van der Waals surface area contributed by atoms with Crippen LogP contribution in [-0.2, 0) is 6.61 Å². The summed E-state index contributed by atoms with van der Waals surface area (Å²) in [6, 6.07) is 19.6. The van der Waals surface area contributed by atoms with Gasteiger partial charge in [-0.3, -0.25) is 14.9 Å². The van der Waals surface area contributed by atoms with Crippen molar-refractivity contribution in [2.45, 2.75) is 40.2 Å². The lowest BCUT2D eigenvalue weighted by Crippen LogP contribution is -2.21. The van der Waals surface area contributed by atoms with Gasteiger partial charge in [-0.25, -0.2) is 9.78 Å². The monoisotopic (exact) mass is 650 g/mol. The van der Waals surface area contributed by atoms with E-state index in [9.17, 15) is 19.7 Å². The number of aromatic nitrogens is 2. The van der Waals surface area contributed by atoms with Crippen LogP contribution in [0.5, 0.6) is 17.2 Å². The van der Waals surface area contributed by atoms with E-state index in [1.54, 1.807) is 50.4 Å². The Morgan fingerprint density at radius 2 is 1.79 bits per heavy atom. The summed E-state index contributed by atoms with van der Waals surface area (Å²) >= 11 is 0. The third-order valence-corrected chi connectivity index (χ3v) is 7.65. The van der Waals surface area contributed by atoms with Crippen LogP contribution in [0.25, 0.3) is 22.3 Å². The number of carboxylic acids is 1. The summed E-state index contributed by atoms with van der Waals surface area (Å²) in [5.74, 6) is 0.0759. The highest BCUT2D eigenvalue weighted by Gasteiger charge is 2.23. The number of aromatic carboxylic acids is 1. The number of nitro benzene ring substituents is 1. The second kappa shape index (κ2) is 14.2. The zero-order chi connectivity index (χ0) is 34.5. The quantitative estimate of drug-likeness (QED) is 0.0856. The summed E-state index contributed by atoms with van der Waals surface area (Å²) in [6.07, 6.45) is 1.34. The van der Waals surface area contributed by atoms with E-state index in [4.69, 9.17) is 24.3 Å². The van der Waals surface area contributed by atoms with Crippen molar-refractivity contribution in [3.05, 3.63) is 121 Å². The molecule has 0 amide bonds. The number of methoxy groups -OCH3 is 1. The standard InChI is InChI=1S/C36H34N4O8/c1-6-47-32-17-24(16-30(40(44)45)33(32)48-20-23-11-13-25(14-12-23)36(42)43)19-37-39-34(38-29-10-8-7-9-26(29)35(39)41)28-18-27(21(2)3)31(46-5)15-22(28)4/h7-19,21H,6,20H2,1-5H3,(H,42,43). The lowest BCUT2D eigenvalue weighted by molar-refractivity contribution is -0.386. The van der Waals surface area contributed by atoms with Crippen LogP contribution < -0.4 is 19.8 Å². The van der Waals surface area contributed by atoms with Gasteiger partial charge >= 0.3 is 11.7 Å². The van der Waals surface area contributed by atoms with E-state index in [0.717, 1.165) is 16.9 Å².